The highest BCUT2D eigenvalue weighted by atomic mass is 16.2. The fourth-order valence-corrected chi connectivity index (χ4v) is 2.90. The van der Waals surface area contributed by atoms with Crippen molar-refractivity contribution in [3.05, 3.63) is 35.4 Å². The molecule has 0 aliphatic heterocycles. The van der Waals surface area contributed by atoms with Crippen molar-refractivity contribution in [1.29, 1.82) is 0 Å². The molecule has 1 aromatic rings. The summed E-state index contributed by atoms with van der Waals surface area (Å²) in [7, 11) is 0. The molecule has 1 rings (SSSR count). The second-order valence-electron chi connectivity index (χ2n) is 8.24. The van der Waals surface area contributed by atoms with Crippen molar-refractivity contribution < 1.29 is 4.79 Å². The lowest BCUT2D eigenvalue weighted by atomic mass is 9.87. The minimum atomic E-state index is 0.00973. The number of carbonyl (C=O) groups is 1. The molecule has 146 valence electrons. The summed E-state index contributed by atoms with van der Waals surface area (Å²) in [5, 5.41) is 4.07. The van der Waals surface area contributed by atoms with Crippen molar-refractivity contribution >= 4 is 12.1 Å². The van der Waals surface area contributed by atoms with E-state index >= 15 is 0 Å². The van der Waals surface area contributed by atoms with Gasteiger partial charge in [0.1, 0.15) is 0 Å². The number of nitrogens with one attached hydrogen (secondary N) is 1. The molecule has 0 aliphatic carbocycles. The summed E-state index contributed by atoms with van der Waals surface area (Å²) in [6, 6.07) is 8.31. The zero-order valence-electron chi connectivity index (χ0n) is 17.3. The molecule has 0 aliphatic rings. The summed E-state index contributed by atoms with van der Waals surface area (Å²) in [5.74, 6) is 0.00973. The summed E-state index contributed by atoms with van der Waals surface area (Å²) < 4.78 is 0. The zero-order valence-corrected chi connectivity index (χ0v) is 17.3. The molecule has 0 spiro atoms. The highest BCUT2D eigenvalue weighted by Gasteiger charge is 2.12. The lowest BCUT2D eigenvalue weighted by molar-refractivity contribution is -0.121. The quantitative estimate of drug-likeness (QED) is 0.264. The Morgan fingerprint density at radius 2 is 1.46 bits per heavy atom. The maximum atomic E-state index is 11.8. The summed E-state index contributed by atoms with van der Waals surface area (Å²) >= 11 is 0. The Labute approximate surface area is 160 Å². The van der Waals surface area contributed by atoms with Crippen LogP contribution in [0.1, 0.15) is 103 Å². The number of benzene rings is 1. The van der Waals surface area contributed by atoms with E-state index in [1.165, 1.54) is 50.5 Å². The molecule has 0 fully saturated rings. The van der Waals surface area contributed by atoms with Crippen molar-refractivity contribution in [2.75, 3.05) is 0 Å². The summed E-state index contributed by atoms with van der Waals surface area (Å²) in [6.07, 6.45) is 13.6. The van der Waals surface area contributed by atoms with Gasteiger partial charge in [0.25, 0.3) is 0 Å². The van der Waals surface area contributed by atoms with Crippen LogP contribution in [-0.2, 0) is 10.2 Å². The van der Waals surface area contributed by atoms with Crippen LogP contribution >= 0.6 is 0 Å². The highest BCUT2D eigenvalue weighted by Crippen LogP contribution is 2.21. The number of amides is 1. The molecule has 3 nitrogen and oxygen atoms in total. The molecule has 1 N–H and O–H groups in total. The van der Waals surface area contributed by atoms with Gasteiger partial charge in [0.2, 0.25) is 5.91 Å². The lowest BCUT2D eigenvalue weighted by Crippen LogP contribution is -2.17. The van der Waals surface area contributed by atoms with E-state index in [1.54, 1.807) is 6.21 Å². The molecule has 1 aromatic carbocycles. The van der Waals surface area contributed by atoms with Gasteiger partial charge in [0, 0.05) is 6.42 Å². The minimum Gasteiger partial charge on any atom is -0.273 e. The predicted molar refractivity (Wildman–Crippen MR) is 113 cm³/mol. The molecule has 26 heavy (non-hydrogen) atoms. The van der Waals surface area contributed by atoms with Gasteiger partial charge in [-0.25, -0.2) is 5.43 Å². The molecular weight excluding hydrogens is 320 g/mol. The molecule has 0 saturated heterocycles. The van der Waals surface area contributed by atoms with Crippen molar-refractivity contribution in [2.45, 2.75) is 97.3 Å². The molecule has 3 heteroatoms. The number of hydrazone groups is 1. The van der Waals surface area contributed by atoms with Crippen molar-refractivity contribution in [2.24, 2.45) is 5.10 Å². The van der Waals surface area contributed by atoms with Gasteiger partial charge in [0.15, 0.2) is 0 Å². The summed E-state index contributed by atoms with van der Waals surface area (Å²) in [5.41, 5.74) is 5.08. The summed E-state index contributed by atoms with van der Waals surface area (Å²) in [6.45, 7) is 8.84. The Morgan fingerprint density at radius 3 is 2.00 bits per heavy atom. The van der Waals surface area contributed by atoms with Gasteiger partial charge in [-0.05, 0) is 23.0 Å². The first-order valence-corrected chi connectivity index (χ1v) is 10.4. The third kappa shape index (κ3) is 10.4. The minimum absolute atomic E-state index is 0.00973. The lowest BCUT2D eigenvalue weighted by Gasteiger charge is -2.18. The fourth-order valence-electron chi connectivity index (χ4n) is 2.90. The van der Waals surface area contributed by atoms with Gasteiger partial charge in [-0.1, -0.05) is 103 Å². The van der Waals surface area contributed by atoms with Crippen molar-refractivity contribution in [3.8, 4) is 0 Å². The average Bonchev–Trinajstić information content (AvgIpc) is 2.60. The largest absolute Gasteiger partial charge is 0.273 e. The van der Waals surface area contributed by atoms with Crippen LogP contribution in [0.3, 0.4) is 0 Å². The van der Waals surface area contributed by atoms with Crippen LogP contribution in [0.25, 0.3) is 0 Å². The third-order valence-corrected chi connectivity index (χ3v) is 4.69. The van der Waals surface area contributed by atoms with E-state index in [0.29, 0.717) is 6.42 Å². The first-order valence-electron chi connectivity index (χ1n) is 10.4. The fraction of sp³-hybridized carbons (Fsp3) is 0.652. The van der Waals surface area contributed by atoms with E-state index in [2.05, 4.69) is 50.4 Å². The van der Waals surface area contributed by atoms with Crippen LogP contribution in [0.2, 0.25) is 0 Å². The van der Waals surface area contributed by atoms with E-state index in [9.17, 15) is 4.79 Å². The van der Waals surface area contributed by atoms with Gasteiger partial charge in [-0.15, -0.1) is 0 Å². The number of carbonyl (C=O) groups excluding carboxylic acids is 1. The topological polar surface area (TPSA) is 41.5 Å². The monoisotopic (exact) mass is 358 g/mol. The molecule has 0 atom stereocenters. The van der Waals surface area contributed by atoms with E-state index in [0.717, 1.165) is 18.4 Å². The van der Waals surface area contributed by atoms with Crippen LogP contribution < -0.4 is 5.43 Å². The average molecular weight is 359 g/mol. The van der Waals surface area contributed by atoms with E-state index in [-0.39, 0.29) is 11.3 Å². The Morgan fingerprint density at radius 1 is 0.923 bits per heavy atom. The second-order valence-corrected chi connectivity index (χ2v) is 8.24. The van der Waals surface area contributed by atoms with Gasteiger partial charge in [0.05, 0.1) is 6.21 Å². The Kier molecular flexibility index (Phi) is 10.9. The van der Waals surface area contributed by atoms with Crippen LogP contribution in [0.15, 0.2) is 29.4 Å². The van der Waals surface area contributed by atoms with Gasteiger partial charge in [-0.3, -0.25) is 4.79 Å². The van der Waals surface area contributed by atoms with Crippen LogP contribution in [0.4, 0.5) is 0 Å². The van der Waals surface area contributed by atoms with Gasteiger partial charge < -0.3 is 0 Å². The van der Waals surface area contributed by atoms with E-state index < -0.39 is 0 Å². The smallest absolute Gasteiger partial charge is 0.240 e. The molecule has 0 radical (unpaired) electrons. The molecular formula is C23H38N2O. The van der Waals surface area contributed by atoms with Crippen molar-refractivity contribution in [1.82, 2.24) is 5.43 Å². The first kappa shape index (κ1) is 22.4. The van der Waals surface area contributed by atoms with Crippen LogP contribution in [0, 0.1) is 0 Å². The van der Waals surface area contributed by atoms with Gasteiger partial charge in [-0.2, -0.15) is 5.10 Å². The van der Waals surface area contributed by atoms with Crippen LogP contribution in [-0.4, -0.2) is 12.1 Å². The zero-order chi connectivity index (χ0) is 19.3. The summed E-state index contributed by atoms with van der Waals surface area (Å²) in [4.78, 5) is 11.8. The highest BCUT2D eigenvalue weighted by molar-refractivity contribution is 5.82. The molecule has 1 amide bonds. The third-order valence-electron chi connectivity index (χ3n) is 4.69. The second kappa shape index (κ2) is 12.7. The molecule has 0 bridgehead atoms. The predicted octanol–water partition coefficient (Wildman–Crippen LogP) is 6.36. The van der Waals surface area contributed by atoms with E-state index in [4.69, 9.17) is 0 Å². The normalized spacial score (nSPS) is 11.8. The number of hydrogen-bond acceptors (Lipinski definition) is 2. The maximum absolute atomic E-state index is 11.8. The SMILES string of the molecule is CCCCCCCCCCCC(=O)N/N=C\c1ccc(C(C)(C)C)cc1. The maximum Gasteiger partial charge on any atom is 0.240 e. The Bertz CT molecular complexity index is 526. The van der Waals surface area contributed by atoms with Crippen molar-refractivity contribution in [3.63, 3.8) is 0 Å². The molecule has 0 aromatic heterocycles. The molecule has 0 saturated carbocycles. The number of rotatable bonds is 12. The number of nitrogens with zero attached hydrogens (tertiary/aromatic N) is 1. The Hall–Kier alpha value is -1.64. The standard InChI is InChI=1S/C23H38N2O/c1-5-6-7-8-9-10-11-12-13-14-22(26)25-24-19-20-15-17-21(18-16-20)23(2,3)4/h15-19H,5-14H2,1-4H3,(H,25,26)/b24-19-. The number of unbranched alkanes of at least 4 members (excludes halogenated alkanes) is 8. The molecule has 0 unspecified atom stereocenters. The first-order chi connectivity index (χ1) is 12.4. The van der Waals surface area contributed by atoms with E-state index in [1.807, 2.05) is 12.1 Å². The molecule has 0 heterocycles. The van der Waals surface area contributed by atoms with Crippen LogP contribution in [0.5, 0.6) is 0 Å². The number of hydrogen-bond donors (Lipinski definition) is 1. The Balaban J connectivity index is 2.11. The van der Waals surface area contributed by atoms with Gasteiger partial charge >= 0.3 is 0 Å².